The molecule has 0 spiro atoms. The zero-order chi connectivity index (χ0) is 49.4. The van der Waals surface area contributed by atoms with Crippen LogP contribution in [-0.4, -0.2) is 112 Å². The minimum Gasteiger partial charge on any atom is -0.497 e. The standard InChI is InChI=1S/C25H31N3O6S.C24H29N3O6S/c1-27-23(25(33-4)13-14-34-18-25)15-24(26-27)35(29,30)28(16-19-5-9-21(31-2)10-6-19)17-20-7-11-22(32-3)12-8-20;1-26-22(24(28)12-13-33-17-24)14-23(25-26)34(29,30)27(15-18-4-8-20(31-2)9-5-18)16-19-6-10-21(32-3)11-7-19/h5-12,15H,13-14,16-18H2,1-4H3;4-11,14,28H,12-13,15-17H2,1-3H3. The summed E-state index contributed by atoms with van der Waals surface area (Å²) in [5, 5.41) is 19.4. The summed E-state index contributed by atoms with van der Waals surface area (Å²) in [6.07, 6.45) is 1.01. The van der Waals surface area contributed by atoms with Crippen LogP contribution in [0.3, 0.4) is 0 Å². The third-order valence-electron chi connectivity index (χ3n) is 12.3. The molecule has 0 saturated carbocycles. The molecule has 2 aromatic heterocycles. The largest absolute Gasteiger partial charge is 0.497 e. The average Bonchev–Trinajstić information content (AvgIpc) is 4.20. The minimum absolute atomic E-state index is 0.0275. The van der Waals surface area contributed by atoms with Gasteiger partial charge in [-0.3, -0.25) is 9.36 Å². The molecule has 370 valence electrons. The van der Waals surface area contributed by atoms with E-state index in [4.69, 9.17) is 33.2 Å². The molecule has 2 atom stereocenters. The van der Waals surface area contributed by atoms with Crippen LogP contribution in [0.2, 0.25) is 0 Å². The van der Waals surface area contributed by atoms with E-state index in [9.17, 15) is 21.9 Å². The van der Waals surface area contributed by atoms with Crippen LogP contribution in [0, 0.1) is 0 Å². The van der Waals surface area contributed by atoms with Crippen LogP contribution < -0.4 is 18.9 Å². The first kappa shape index (κ1) is 51.0. The number of hydrogen-bond donors (Lipinski definition) is 1. The Balaban J connectivity index is 0.000000204. The van der Waals surface area contributed by atoms with Crippen LogP contribution in [0.25, 0.3) is 0 Å². The monoisotopic (exact) mass is 988 g/mol. The van der Waals surface area contributed by atoms with Crippen LogP contribution in [0.4, 0.5) is 0 Å². The van der Waals surface area contributed by atoms with Crippen LogP contribution in [0.15, 0.2) is 119 Å². The molecule has 8 rings (SSSR count). The van der Waals surface area contributed by atoms with Gasteiger partial charge in [-0.1, -0.05) is 48.5 Å². The smallest absolute Gasteiger partial charge is 0.263 e. The summed E-state index contributed by atoms with van der Waals surface area (Å²) in [6, 6.07) is 32.2. The first-order valence-electron chi connectivity index (χ1n) is 22.1. The predicted octanol–water partition coefficient (Wildman–Crippen LogP) is 5.53. The van der Waals surface area contributed by atoms with Crippen LogP contribution in [0.1, 0.15) is 46.5 Å². The lowest BCUT2D eigenvalue weighted by molar-refractivity contribution is -0.0272. The Morgan fingerprint density at radius 2 is 0.870 bits per heavy atom. The lowest BCUT2D eigenvalue weighted by atomic mass is 9.99. The molecule has 18 nitrogen and oxygen atoms in total. The highest BCUT2D eigenvalue weighted by molar-refractivity contribution is 7.89. The Morgan fingerprint density at radius 1 is 0.536 bits per heavy atom. The topological polar surface area (TPSA) is 195 Å². The molecule has 0 aliphatic carbocycles. The van der Waals surface area contributed by atoms with Gasteiger partial charge in [-0.25, -0.2) is 16.8 Å². The van der Waals surface area contributed by atoms with Crippen molar-refractivity contribution in [2.75, 3.05) is 62.0 Å². The van der Waals surface area contributed by atoms with Gasteiger partial charge < -0.3 is 38.3 Å². The number of aryl methyl sites for hydroxylation is 2. The fourth-order valence-electron chi connectivity index (χ4n) is 8.22. The minimum atomic E-state index is -4.00. The maximum absolute atomic E-state index is 13.9. The molecule has 1 N–H and O–H groups in total. The van der Waals surface area contributed by atoms with Crippen molar-refractivity contribution < 1.29 is 55.1 Å². The molecule has 0 bridgehead atoms. The molecule has 2 saturated heterocycles. The molecule has 69 heavy (non-hydrogen) atoms. The maximum Gasteiger partial charge on any atom is 0.263 e. The number of ether oxygens (including phenoxy) is 7. The molecular weight excluding hydrogens is 929 g/mol. The van der Waals surface area contributed by atoms with E-state index >= 15 is 0 Å². The van der Waals surface area contributed by atoms with Crippen molar-refractivity contribution in [2.24, 2.45) is 14.1 Å². The Morgan fingerprint density at radius 3 is 1.17 bits per heavy atom. The second-order valence-electron chi connectivity index (χ2n) is 16.8. The third kappa shape index (κ3) is 11.6. The molecule has 2 aliphatic rings. The summed E-state index contributed by atoms with van der Waals surface area (Å²) in [4.78, 5) is 0. The first-order chi connectivity index (χ1) is 33.1. The number of methoxy groups -OCH3 is 5. The lowest BCUT2D eigenvalue weighted by Crippen LogP contribution is -2.31. The van der Waals surface area contributed by atoms with E-state index in [0.29, 0.717) is 67.0 Å². The molecule has 4 aromatic carbocycles. The molecule has 2 unspecified atom stereocenters. The van der Waals surface area contributed by atoms with Gasteiger partial charge in [-0.2, -0.15) is 18.8 Å². The van der Waals surface area contributed by atoms with E-state index in [1.165, 1.54) is 19.4 Å². The molecule has 6 aromatic rings. The lowest BCUT2D eigenvalue weighted by Gasteiger charge is -2.25. The number of hydrogen-bond acceptors (Lipinski definition) is 14. The summed E-state index contributed by atoms with van der Waals surface area (Å²) in [5.74, 6) is 2.79. The van der Waals surface area contributed by atoms with E-state index in [-0.39, 0.29) is 42.8 Å². The Kier molecular flexibility index (Phi) is 16.2. The summed E-state index contributed by atoms with van der Waals surface area (Å²) >= 11 is 0. The fraction of sp³-hybridized carbons (Fsp3) is 0.388. The highest BCUT2D eigenvalue weighted by Crippen LogP contribution is 2.36. The molecular formula is C49H60N6O12S2. The Bertz CT molecular complexity index is 2740. The third-order valence-corrected chi connectivity index (χ3v) is 15.6. The van der Waals surface area contributed by atoms with Gasteiger partial charge >= 0.3 is 0 Å². The summed E-state index contributed by atoms with van der Waals surface area (Å²) in [6.45, 7) is 2.02. The predicted molar refractivity (Wildman–Crippen MR) is 255 cm³/mol. The van der Waals surface area contributed by atoms with Gasteiger partial charge in [0.05, 0.1) is 53.0 Å². The van der Waals surface area contributed by atoms with Gasteiger partial charge in [0.25, 0.3) is 20.0 Å². The van der Waals surface area contributed by atoms with E-state index in [0.717, 1.165) is 22.3 Å². The van der Waals surface area contributed by atoms with E-state index in [1.807, 2.05) is 72.8 Å². The van der Waals surface area contributed by atoms with Crippen LogP contribution in [-0.2, 0) is 85.7 Å². The number of rotatable bonds is 19. The Labute approximate surface area is 403 Å². The number of benzene rings is 4. The second kappa shape index (κ2) is 21.8. The molecule has 0 radical (unpaired) electrons. The Hall–Kier alpha value is -5.84. The summed E-state index contributed by atoms with van der Waals surface area (Å²) < 4.78 is 98.6. The van der Waals surface area contributed by atoms with Gasteiger partial charge in [-0.15, -0.1) is 0 Å². The molecule has 2 fully saturated rings. The van der Waals surface area contributed by atoms with Crippen molar-refractivity contribution in [1.82, 2.24) is 28.2 Å². The van der Waals surface area contributed by atoms with Gasteiger partial charge in [0.15, 0.2) is 10.1 Å². The summed E-state index contributed by atoms with van der Waals surface area (Å²) in [7, 11) is 3.36. The molecule has 0 amide bonds. The van der Waals surface area contributed by atoms with Gasteiger partial charge in [0.1, 0.15) is 34.2 Å². The molecule has 4 heterocycles. The molecule has 20 heteroatoms. The SMILES string of the molecule is COc1ccc(CN(Cc2ccc(OC)cc2)S(=O)(=O)c2cc(C3(O)CCOC3)n(C)n2)cc1.COc1ccc(CN(Cc2ccc(OC)cc2)S(=O)(=O)c2cc(C3(OC)CCOC3)n(C)n2)cc1. The zero-order valence-corrected chi connectivity index (χ0v) is 41.5. The van der Waals surface area contributed by atoms with Crippen molar-refractivity contribution in [3.05, 3.63) is 143 Å². The number of aliphatic hydroxyl groups is 1. The number of nitrogens with zero attached hydrogens (tertiary/aromatic N) is 6. The second-order valence-corrected chi connectivity index (χ2v) is 20.5. The molecule has 2 aliphatic heterocycles. The number of sulfonamides is 2. The van der Waals surface area contributed by atoms with Crippen LogP contribution >= 0.6 is 0 Å². The first-order valence-corrected chi connectivity index (χ1v) is 25.0. The van der Waals surface area contributed by atoms with Gasteiger partial charge in [0.2, 0.25) is 0 Å². The van der Waals surface area contributed by atoms with Crippen molar-refractivity contribution in [2.45, 2.75) is 60.3 Å². The van der Waals surface area contributed by atoms with Gasteiger partial charge in [-0.05, 0) is 70.8 Å². The van der Waals surface area contributed by atoms with E-state index < -0.39 is 31.2 Å². The quantitative estimate of drug-likeness (QED) is 0.106. The van der Waals surface area contributed by atoms with Crippen molar-refractivity contribution in [3.8, 4) is 23.0 Å². The van der Waals surface area contributed by atoms with Crippen LogP contribution in [0.5, 0.6) is 23.0 Å². The van der Waals surface area contributed by atoms with Crippen molar-refractivity contribution >= 4 is 20.0 Å². The zero-order valence-electron chi connectivity index (χ0n) is 39.9. The average molecular weight is 989 g/mol. The van der Waals surface area contributed by atoms with Crippen molar-refractivity contribution in [3.63, 3.8) is 0 Å². The summed E-state index contributed by atoms with van der Waals surface area (Å²) in [5.41, 5.74) is 2.38. The highest BCUT2D eigenvalue weighted by Gasteiger charge is 2.42. The van der Waals surface area contributed by atoms with Gasteiger partial charge in [0, 0.05) is 85.6 Å². The van der Waals surface area contributed by atoms with E-state index in [1.54, 1.807) is 84.7 Å². The maximum atomic E-state index is 13.9. The van der Waals surface area contributed by atoms with E-state index in [2.05, 4.69) is 10.2 Å². The number of aromatic nitrogens is 4. The highest BCUT2D eigenvalue weighted by atomic mass is 32.2. The fourth-order valence-corrected chi connectivity index (χ4v) is 11.0. The normalized spacial score (nSPS) is 18.3. The van der Waals surface area contributed by atoms with Crippen molar-refractivity contribution in [1.29, 1.82) is 0 Å².